The number of carbonyl (C=O) groups excluding carboxylic acids is 1. The fourth-order valence-electron chi connectivity index (χ4n) is 1.41. The molecule has 1 amide bonds. The summed E-state index contributed by atoms with van der Waals surface area (Å²) in [5.41, 5.74) is 7.06. The van der Waals surface area contributed by atoms with Gasteiger partial charge >= 0.3 is 0 Å². The van der Waals surface area contributed by atoms with Gasteiger partial charge < -0.3 is 11.1 Å². The molecular formula is C11H14N2O. The lowest BCUT2D eigenvalue weighted by molar-refractivity contribution is -0.116. The third kappa shape index (κ3) is 2.49. The molecule has 3 N–H and O–H groups in total. The average Bonchev–Trinajstić information content (AvgIpc) is 2.87. The smallest absolute Gasteiger partial charge is 0.224 e. The molecule has 0 spiro atoms. The highest BCUT2D eigenvalue weighted by Crippen LogP contribution is 2.32. The maximum Gasteiger partial charge on any atom is 0.224 e. The van der Waals surface area contributed by atoms with Crippen molar-refractivity contribution in [1.29, 1.82) is 0 Å². The summed E-state index contributed by atoms with van der Waals surface area (Å²) in [6.07, 6.45) is 3.05. The molecule has 0 atom stereocenters. The normalized spacial score (nSPS) is 15.1. The summed E-state index contributed by atoms with van der Waals surface area (Å²) in [4.78, 5) is 11.4. The molecule has 0 unspecified atom stereocenters. The summed E-state index contributed by atoms with van der Waals surface area (Å²) in [6, 6.07) is 7.25. The van der Waals surface area contributed by atoms with E-state index in [1.165, 1.54) is 12.8 Å². The van der Waals surface area contributed by atoms with E-state index in [4.69, 9.17) is 5.73 Å². The van der Waals surface area contributed by atoms with E-state index in [9.17, 15) is 4.79 Å². The molecule has 0 aromatic heterocycles. The Bertz CT molecular complexity index is 345. The van der Waals surface area contributed by atoms with Crippen molar-refractivity contribution in [3.05, 3.63) is 24.3 Å². The molecule has 0 bridgehead atoms. The molecule has 74 valence electrons. The van der Waals surface area contributed by atoms with Gasteiger partial charge in [0.1, 0.15) is 0 Å². The number of nitrogens with two attached hydrogens (primary N) is 1. The lowest BCUT2D eigenvalue weighted by Gasteiger charge is -2.04. The van der Waals surface area contributed by atoms with E-state index in [2.05, 4.69) is 5.32 Å². The quantitative estimate of drug-likeness (QED) is 0.716. The van der Waals surface area contributed by atoms with Crippen molar-refractivity contribution in [3.63, 3.8) is 0 Å². The van der Waals surface area contributed by atoms with Gasteiger partial charge in [0.15, 0.2) is 0 Å². The van der Waals surface area contributed by atoms with Crippen LogP contribution in [-0.4, -0.2) is 5.91 Å². The minimum Gasteiger partial charge on any atom is -0.399 e. The first-order valence-electron chi connectivity index (χ1n) is 4.89. The predicted octanol–water partition coefficient (Wildman–Crippen LogP) is 2.01. The summed E-state index contributed by atoms with van der Waals surface area (Å²) in [6.45, 7) is 0. The molecule has 0 saturated heterocycles. The Hall–Kier alpha value is -1.51. The van der Waals surface area contributed by atoms with E-state index in [1.807, 2.05) is 12.1 Å². The first-order valence-corrected chi connectivity index (χ1v) is 4.89. The maximum absolute atomic E-state index is 11.4. The molecule has 1 saturated carbocycles. The molecule has 1 aliphatic carbocycles. The zero-order chi connectivity index (χ0) is 9.97. The first kappa shape index (κ1) is 9.06. The van der Waals surface area contributed by atoms with Gasteiger partial charge in [-0.1, -0.05) is 6.07 Å². The van der Waals surface area contributed by atoms with Crippen LogP contribution >= 0.6 is 0 Å². The van der Waals surface area contributed by atoms with E-state index < -0.39 is 0 Å². The second-order valence-electron chi connectivity index (χ2n) is 3.82. The van der Waals surface area contributed by atoms with Gasteiger partial charge in [-0.3, -0.25) is 4.79 Å². The number of anilines is 2. The third-order valence-electron chi connectivity index (χ3n) is 2.34. The van der Waals surface area contributed by atoms with Crippen molar-refractivity contribution in [3.8, 4) is 0 Å². The molecule has 0 radical (unpaired) electrons. The monoisotopic (exact) mass is 190 g/mol. The van der Waals surface area contributed by atoms with Crippen molar-refractivity contribution in [2.24, 2.45) is 5.92 Å². The Morgan fingerprint density at radius 3 is 2.93 bits per heavy atom. The zero-order valence-electron chi connectivity index (χ0n) is 7.99. The van der Waals surface area contributed by atoms with Gasteiger partial charge in [0.05, 0.1) is 0 Å². The molecule has 0 aliphatic heterocycles. The Labute approximate surface area is 83.3 Å². The Morgan fingerprint density at radius 2 is 2.29 bits per heavy atom. The molecule has 0 heterocycles. The largest absolute Gasteiger partial charge is 0.399 e. The van der Waals surface area contributed by atoms with Crippen LogP contribution in [0.5, 0.6) is 0 Å². The summed E-state index contributed by atoms with van der Waals surface area (Å²) < 4.78 is 0. The second kappa shape index (κ2) is 3.70. The summed E-state index contributed by atoms with van der Waals surface area (Å²) in [5.74, 6) is 0.717. The van der Waals surface area contributed by atoms with Crippen LogP contribution in [-0.2, 0) is 4.79 Å². The van der Waals surface area contributed by atoms with Crippen molar-refractivity contribution >= 4 is 17.3 Å². The highest BCUT2D eigenvalue weighted by atomic mass is 16.1. The molecule has 3 heteroatoms. The fourth-order valence-corrected chi connectivity index (χ4v) is 1.41. The molecule has 1 fully saturated rings. The topological polar surface area (TPSA) is 55.1 Å². The molecule has 14 heavy (non-hydrogen) atoms. The highest BCUT2D eigenvalue weighted by Gasteiger charge is 2.24. The number of nitrogen functional groups attached to an aromatic ring is 1. The molecule has 1 aliphatic rings. The molecule has 3 nitrogen and oxygen atoms in total. The number of hydrogen-bond donors (Lipinski definition) is 2. The van der Waals surface area contributed by atoms with Gasteiger partial charge in [-0.25, -0.2) is 0 Å². The van der Waals surface area contributed by atoms with Crippen molar-refractivity contribution < 1.29 is 4.79 Å². The number of carbonyl (C=O) groups is 1. The summed E-state index contributed by atoms with van der Waals surface area (Å²) >= 11 is 0. The zero-order valence-corrected chi connectivity index (χ0v) is 7.99. The Balaban J connectivity index is 1.92. The van der Waals surface area contributed by atoms with Crippen LogP contribution in [0.25, 0.3) is 0 Å². The third-order valence-corrected chi connectivity index (χ3v) is 2.34. The van der Waals surface area contributed by atoms with Crippen LogP contribution < -0.4 is 11.1 Å². The maximum atomic E-state index is 11.4. The van der Waals surface area contributed by atoms with Crippen molar-refractivity contribution in [2.45, 2.75) is 19.3 Å². The van der Waals surface area contributed by atoms with Gasteiger partial charge in [-0.05, 0) is 37.0 Å². The van der Waals surface area contributed by atoms with Crippen LogP contribution in [0.1, 0.15) is 19.3 Å². The second-order valence-corrected chi connectivity index (χ2v) is 3.82. The Kier molecular flexibility index (Phi) is 2.39. The minimum absolute atomic E-state index is 0.0955. The van der Waals surface area contributed by atoms with E-state index in [0.717, 1.165) is 5.69 Å². The standard InChI is InChI=1S/C11H14N2O/c12-9-2-1-3-10(7-9)13-11(14)6-8-4-5-8/h1-3,7-8H,4-6,12H2,(H,13,14). The Morgan fingerprint density at radius 1 is 1.50 bits per heavy atom. The van der Waals surface area contributed by atoms with Gasteiger partial charge in [-0.15, -0.1) is 0 Å². The number of nitrogens with one attached hydrogen (secondary N) is 1. The van der Waals surface area contributed by atoms with E-state index in [0.29, 0.717) is 18.0 Å². The number of rotatable bonds is 3. The van der Waals surface area contributed by atoms with Gasteiger partial charge in [-0.2, -0.15) is 0 Å². The van der Waals surface area contributed by atoms with Gasteiger partial charge in [0.25, 0.3) is 0 Å². The van der Waals surface area contributed by atoms with Crippen LogP contribution in [0.15, 0.2) is 24.3 Å². The summed E-state index contributed by atoms with van der Waals surface area (Å²) in [7, 11) is 0. The lowest BCUT2D eigenvalue weighted by atomic mass is 10.2. The van der Waals surface area contributed by atoms with E-state index >= 15 is 0 Å². The predicted molar refractivity (Wildman–Crippen MR) is 56.8 cm³/mol. The minimum atomic E-state index is 0.0955. The fraction of sp³-hybridized carbons (Fsp3) is 0.364. The first-order chi connectivity index (χ1) is 6.74. The number of hydrogen-bond acceptors (Lipinski definition) is 2. The molecular weight excluding hydrogens is 176 g/mol. The highest BCUT2D eigenvalue weighted by molar-refractivity contribution is 5.91. The number of amides is 1. The van der Waals surface area contributed by atoms with Crippen LogP contribution in [0.3, 0.4) is 0 Å². The average molecular weight is 190 g/mol. The van der Waals surface area contributed by atoms with Gasteiger partial charge in [0, 0.05) is 17.8 Å². The van der Waals surface area contributed by atoms with E-state index in [-0.39, 0.29) is 5.91 Å². The van der Waals surface area contributed by atoms with Crippen molar-refractivity contribution in [2.75, 3.05) is 11.1 Å². The molecule has 2 rings (SSSR count). The number of benzene rings is 1. The SMILES string of the molecule is Nc1cccc(NC(=O)CC2CC2)c1. The van der Waals surface area contributed by atoms with Crippen molar-refractivity contribution in [1.82, 2.24) is 0 Å². The molecule has 1 aromatic carbocycles. The van der Waals surface area contributed by atoms with Crippen LogP contribution in [0.2, 0.25) is 0 Å². The van der Waals surface area contributed by atoms with Crippen LogP contribution in [0.4, 0.5) is 11.4 Å². The van der Waals surface area contributed by atoms with E-state index in [1.54, 1.807) is 12.1 Å². The summed E-state index contributed by atoms with van der Waals surface area (Å²) in [5, 5.41) is 2.84. The van der Waals surface area contributed by atoms with Gasteiger partial charge in [0.2, 0.25) is 5.91 Å². The molecule has 1 aromatic rings. The lowest BCUT2D eigenvalue weighted by Crippen LogP contribution is -2.11. The van der Waals surface area contributed by atoms with Crippen LogP contribution in [0, 0.1) is 5.92 Å².